The summed E-state index contributed by atoms with van der Waals surface area (Å²) >= 11 is 0. The van der Waals surface area contributed by atoms with Crippen LogP contribution in [0.25, 0.3) is 0 Å². The molecule has 0 unspecified atom stereocenters. The third-order valence-electron chi connectivity index (χ3n) is 10.8. The van der Waals surface area contributed by atoms with Crippen LogP contribution in [-0.2, 0) is 0 Å². The van der Waals surface area contributed by atoms with Gasteiger partial charge in [-0.2, -0.15) is 0 Å². The summed E-state index contributed by atoms with van der Waals surface area (Å²) in [5, 5.41) is 21.9. The van der Waals surface area contributed by atoms with E-state index < -0.39 is 0 Å². The second kappa shape index (κ2) is 8.37. The molecule has 0 saturated heterocycles. The third kappa shape index (κ3) is 3.84. The average Bonchev–Trinajstić information content (AvgIpc) is 3.05. The highest BCUT2D eigenvalue weighted by atomic mass is 16.6. The van der Waals surface area contributed by atoms with Crippen molar-refractivity contribution >= 4 is 0 Å². The third-order valence-corrected chi connectivity index (χ3v) is 10.8. The van der Waals surface area contributed by atoms with Crippen LogP contribution < -0.4 is 0 Å². The Morgan fingerprint density at radius 1 is 1.03 bits per heavy atom. The fraction of sp³-hybridized carbons (Fsp3) is 0.926. The topological polar surface area (TPSA) is 63.4 Å². The molecule has 4 aliphatic carbocycles. The van der Waals surface area contributed by atoms with Crippen molar-refractivity contribution < 1.29 is 10.0 Å². The summed E-state index contributed by atoms with van der Waals surface area (Å²) < 4.78 is 0. The molecule has 0 heterocycles. The van der Waals surface area contributed by atoms with Crippen molar-refractivity contribution in [3.8, 4) is 0 Å². The fourth-order valence-electron chi connectivity index (χ4n) is 9.15. The second-order valence-electron chi connectivity index (χ2n) is 12.7. The van der Waals surface area contributed by atoms with Gasteiger partial charge in [-0.3, -0.25) is 10.1 Å². The Balaban J connectivity index is 1.51. The van der Waals surface area contributed by atoms with Crippen LogP contribution in [0.1, 0.15) is 105 Å². The molecule has 3 fully saturated rings. The van der Waals surface area contributed by atoms with Gasteiger partial charge in [-0.15, -0.1) is 0 Å². The Hall–Kier alpha value is -1.06. The number of aliphatic hydroxyl groups excluding tert-OH is 1. The first-order valence-electron chi connectivity index (χ1n) is 13.1. The lowest BCUT2D eigenvalue weighted by atomic mass is 9.45. The highest BCUT2D eigenvalue weighted by Crippen LogP contribution is 2.68. The van der Waals surface area contributed by atoms with Gasteiger partial charge in [0.2, 0.25) is 0 Å². The predicted octanol–water partition coefficient (Wildman–Crippen LogP) is 7.76. The summed E-state index contributed by atoms with van der Waals surface area (Å²) in [6.07, 6.45) is 12.7. The zero-order valence-corrected chi connectivity index (χ0v) is 20.5. The van der Waals surface area contributed by atoms with Crippen molar-refractivity contribution in [2.75, 3.05) is 0 Å². The fourth-order valence-corrected chi connectivity index (χ4v) is 9.15. The van der Waals surface area contributed by atoms with Crippen LogP contribution in [0.4, 0.5) is 0 Å². The Morgan fingerprint density at radius 2 is 1.74 bits per heavy atom. The second-order valence-corrected chi connectivity index (χ2v) is 12.7. The number of hydrogen-bond donors (Lipinski definition) is 1. The van der Waals surface area contributed by atoms with Crippen LogP contribution in [0.5, 0.6) is 0 Å². The molecule has 0 aromatic carbocycles. The van der Waals surface area contributed by atoms with Crippen molar-refractivity contribution in [1.82, 2.24) is 0 Å². The van der Waals surface area contributed by atoms with Gasteiger partial charge in [-0.25, -0.2) is 0 Å². The van der Waals surface area contributed by atoms with E-state index in [1.807, 2.05) is 0 Å². The lowest BCUT2D eigenvalue weighted by Crippen LogP contribution is -2.53. The minimum Gasteiger partial charge on any atom is -0.506 e. The molecule has 4 heteroatoms. The highest BCUT2D eigenvalue weighted by molar-refractivity contribution is 5.17. The minimum absolute atomic E-state index is 0.0140. The van der Waals surface area contributed by atoms with E-state index in [1.54, 1.807) is 0 Å². The van der Waals surface area contributed by atoms with Gasteiger partial charge < -0.3 is 5.11 Å². The van der Waals surface area contributed by atoms with Gasteiger partial charge in [0, 0.05) is 12.8 Å². The summed E-state index contributed by atoms with van der Waals surface area (Å²) in [5.74, 6) is 5.03. The monoisotopic (exact) mass is 431 g/mol. The molecule has 3 saturated carbocycles. The minimum atomic E-state index is -0.308. The Labute approximate surface area is 189 Å². The summed E-state index contributed by atoms with van der Waals surface area (Å²) in [6.45, 7) is 12.1. The lowest BCUT2D eigenvalue weighted by Gasteiger charge is -2.60. The van der Waals surface area contributed by atoms with E-state index in [-0.39, 0.29) is 21.8 Å². The SMILES string of the molecule is CC(C)CCC[C@@H](C)[C@H]1CC[C@H]2[C@@H]3CC[C@H]4CC(O)=C([N+](=O)[O-])C[C@]4(C)[C@H]3CC[C@]12C. The van der Waals surface area contributed by atoms with Gasteiger partial charge in [-0.1, -0.05) is 53.9 Å². The molecular weight excluding hydrogens is 386 g/mol. The number of allylic oxidation sites excluding steroid dienone is 2. The van der Waals surface area contributed by atoms with E-state index in [1.165, 1.54) is 51.4 Å². The van der Waals surface area contributed by atoms with E-state index in [2.05, 4.69) is 34.6 Å². The summed E-state index contributed by atoms with van der Waals surface area (Å²) in [4.78, 5) is 11.3. The standard InChI is InChI=1S/C27H45NO3/c1-17(2)7-6-8-18(3)21-11-12-22-20-10-9-19-15-25(29)24(28(30)31)16-27(19,5)23(20)13-14-26(21,22)4/h17-23,29H,6-16H2,1-5H3/t18-,19+,20+,21-,22+,23+,26-,27+/m1/s1. The quantitative estimate of drug-likeness (QED) is 0.345. The largest absolute Gasteiger partial charge is 0.506 e. The Kier molecular flexibility index (Phi) is 6.24. The van der Waals surface area contributed by atoms with Gasteiger partial charge in [0.25, 0.3) is 5.70 Å². The summed E-state index contributed by atoms with van der Waals surface area (Å²) in [6, 6.07) is 0. The van der Waals surface area contributed by atoms with Crippen LogP contribution in [0.3, 0.4) is 0 Å². The van der Waals surface area contributed by atoms with Gasteiger partial charge in [-0.05, 0) is 90.8 Å². The smallest absolute Gasteiger partial charge is 0.283 e. The van der Waals surface area contributed by atoms with E-state index in [4.69, 9.17) is 0 Å². The van der Waals surface area contributed by atoms with Gasteiger partial charge >= 0.3 is 0 Å². The lowest BCUT2D eigenvalue weighted by molar-refractivity contribution is -0.436. The number of fused-ring (bicyclic) bond motifs is 5. The normalized spacial score (nSPS) is 43.4. The van der Waals surface area contributed by atoms with Crippen molar-refractivity contribution in [2.45, 2.75) is 105 Å². The van der Waals surface area contributed by atoms with E-state index in [0.29, 0.717) is 30.1 Å². The predicted molar refractivity (Wildman–Crippen MR) is 125 cm³/mol. The number of hydrogen-bond acceptors (Lipinski definition) is 3. The molecule has 0 aromatic rings. The number of nitro groups is 1. The maximum absolute atomic E-state index is 11.6. The van der Waals surface area contributed by atoms with Gasteiger partial charge in [0.1, 0.15) is 0 Å². The van der Waals surface area contributed by atoms with E-state index >= 15 is 0 Å². The summed E-state index contributed by atoms with van der Waals surface area (Å²) in [7, 11) is 0. The zero-order valence-electron chi connectivity index (χ0n) is 20.5. The van der Waals surface area contributed by atoms with E-state index in [9.17, 15) is 15.2 Å². The molecule has 0 aliphatic heterocycles. The van der Waals surface area contributed by atoms with Gasteiger partial charge in [0.05, 0.1) is 4.92 Å². The van der Waals surface area contributed by atoms with Crippen LogP contribution in [0, 0.1) is 62.4 Å². The zero-order chi connectivity index (χ0) is 22.6. The molecule has 1 N–H and O–H groups in total. The molecule has 0 radical (unpaired) electrons. The van der Waals surface area contributed by atoms with Crippen LogP contribution in [-0.4, -0.2) is 10.0 Å². The first-order valence-corrected chi connectivity index (χ1v) is 13.1. The van der Waals surface area contributed by atoms with Gasteiger partial charge in [0.15, 0.2) is 5.76 Å². The van der Waals surface area contributed by atoms with Crippen molar-refractivity contribution in [3.05, 3.63) is 21.6 Å². The summed E-state index contributed by atoms with van der Waals surface area (Å²) in [5.41, 5.74) is 0.552. The average molecular weight is 432 g/mol. The first kappa shape index (κ1) is 23.1. The van der Waals surface area contributed by atoms with Crippen molar-refractivity contribution in [3.63, 3.8) is 0 Å². The van der Waals surface area contributed by atoms with Crippen molar-refractivity contribution in [1.29, 1.82) is 0 Å². The molecule has 0 amide bonds. The van der Waals surface area contributed by atoms with Crippen LogP contribution in [0.2, 0.25) is 0 Å². The number of nitrogens with zero attached hydrogens (tertiary/aromatic N) is 1. The molecule has 0 spiro atoms. The maximum Gasteiger partial charge on any atom is 0.283 e. The first-order chi connectivity index (χ1) is 14.6. The molecular formula is C27H45NO3. The number of rotatable bonds is 6. The maximum atomic E-state index is 11.6. The molecule has 31 heavy (non-hydrogen) atoms. The Morgan fingerprint density at radius 3 is 2.42 bits per heavy atom. The molecule has 4 nitrogen and oxygen atoms in total. The number of aliphatic hydroxyl groups is 1. The molecule has 4 rings (SSSR count). The molecule has 0 aromatic heterocycles. The molecule has 8 atom stereocenters. The molecule has 4 aliphatic rings. The van der Waals surface area contributed by atoms with Crippen LogP contribution >= 0.6 is 0 Å². The molecule has 0 bridgehead atoms. The highest BCUT2D eigenvalue weighted by Gasteiger charge is 2.61. The molecule has 176 valence electrons. The van der Waals surface area contributed by atoms with Crippen LogP contribution in [0.15, 0.2) is 11.5 Å². The van der Waals surface area contributed by atoms with Crippen molar-refractivity contribution in [2.24, 2.45) is 52.3 Å². The Bertz CT molecular complexity index is 730. The van der Waals surface area contributed by atoms with E-state index in [0.717, 1.165) is 36.0 Å².